The van der Waals surface area contributed by atoms with E-state index in [2.05, 4.69) is 26.2 Å². The van der Waals surface area contributed by atoms with Gasteiger partial charge in [-0.1, -0.05) is 41.1 Å². The Bertz CT molecular complexity index is 588. The summed E-state index contributed by atoms with van der Waals surface area (Å²) < 4.78 is 24.0. The summed E-state index contributed by atoms with van der Waals surface area (Å²) in [4.78, 5) is 6.14. The second kappa shape index (κ2) is 8.38. The Labute approximate surface area is 135 Å². The molecule has 0 aliphatic heterocycles. The summed E-state index contributed by atoms with van der Waals surface area (Å²) in [5, 5.41) is 3.08. The van der Waals surface area contributed by atoms with Crippen LogP contribution >= 0.6 is 15.9 Å². The summed E-state index contributed by atoms with van der Waals surface area (Å²) in [7, 11) is 0.649. The number of benzene rings is 1. The number of aliphatic imine (C=N–C) groups is 1. The fraction of sp³-hybridized carbons (Fsp3) is 0.500. The Morgan fingerprint density at radius 1 is 1.38 bits per heavy atom. The molecule has 0 aliphatic carbocycles. The summed E-state index contributed by atoms with van der Waals surface area (Å²) >= 11 is 3.52. The number of hydrogen-bond acceptors (Lipinski definition) is 3. The van der Waals surface area contributed by atoms with Crippen LogP contribution in [0.25, 0.3) is 0 Å². The van der Waals surface area contributed by atoms with Crippen LogP contribution in [-0.4, -0.2) is 51.4 Å². The minimum absolute atomic E-state index is 0.116. The maximum absolute atomic E-state index is 11.5. The third kappa shape index (κ3) is 6.05. The lowest BCUT2D eigenvalue weighted by molar-refractivity contribution is 0.477. The molecule has 0 heterocycles. The predicted octanol–water partition coefficient (Wildman–Crippen LogP) is 1.89. The van der Waals surface area contributed by atoms with Gasteiger partial charge in [-0.2, -0.15) is 0 Å². The highest BCUT2D eigenvalue weighted by Gasteiger charge is 2.11. The molecule has 1 N–H and O–H groups in total. The lowest BCUT2D eigenvalue weighted by Crippen LogP contribution is -2.40. The van der Waals surface area contributed by atoms with Crippen LogP contribution in [0.2, 0.25) is 0 Å². The minimum atomic E-state index is -2.96. The standard InChI is InChI=1S/C14H22BrN3O2S/c1-4-21(19,20)10-9-17-14(16-2)18(3)11-12-7-5-6-8-13(12)15/h5-8H,4,9-11H2,1-3H3,(H,16,17). The number of nitrogens with zero attached hydrogens (tertiary/aromatic N) is 2. The monoisotopic (exact) mass is 375 g/mol. The Balaban J connectivity index is 2.59. The van der Waals surface area contributed by atoms with Gasteiger partial charge in [0.25, 0.3) is 0 Å². The van der Waals surface area contributed by atoms with Gasteiger partial charge in [-0.05, 0) is 11.6 Å². The molecule has 0 radical (unpaired) electrons. The third-order valence-electron chi connectivity index (χ3n) is 3.07. The third-order valence-corrected chi connectivity index (χ3v) is 5.55. The second-order valence-corrected chi connectivity index (χ2v) is 7.98. The van der Waals surface area contributed by atoms with Crippen LogP contribution in [0.5, 0.6) is 0 Å². The van der Waals surface area contributed by atoms with E-state index in [0.717, 1.165) is 10.0 Å². The van der Waals surface area contributed by atoms with Gasteiger partial charge in [-0.15, -0.1) is 0 Å². The summed E-state index contributed by atoms with van der Waals surface area (Å²) in [6.07, 6.45) is 0. The first-order chi connectivity index (χ1) is 9.89. The van der Waals surface area contributed by atoms with Gasteiger partial charge < -0.3 is 10.2 Å². The zero-order chi connectivity index (χ0) is 15.9. The summed E-state index contributed by atoms with van der Waals surface area (Å²) in [6, 6.07) is 7.98. The first-order valence-corrected chi connectivity index (χ1v) is 9.36. The fourth-order valence-electron chi connectivity index (χ4n) is 1.80. The van der Waals surface area contributed by atoms with Gasteiger partial charge in [0.1, 0.15) is 0 Å². The topological polar surface area (TPSA) is 61.8 Å². The van der Waals surface area contributed by atoms with Crippen LogP contribution in [0, 0.1) is 0 Å². The molecule has 0 unspecified atom stereocenters. The fourth-order valence-corrected chi connectivity index (χ4v) is 2.92. The van der Waals surface area contributed by atoms with Crippen LogP contribution in [0.15, 0.2) is 33.7 Å². The van der Waals surface area contributed by atoms with Crippen LogP contribution in [0.1, 0.15) is 12.5 Å². The van der Waals surface area contributed by atoms with E-state index in [4.69, 9.17) is 0 Å². The van der Waals surface area contributed by atoms with Gasteiger partial charge in [0, 0.05) is 37.4 Å². The maximum atomic E-state index is 11.5. The van der Waals surface area contributed by atoms with Crippen molar-refractivity contribution in [3.8, 4) is 0 Å². The van der Waals surface area contributed by atoms with Crippen molar-refractivity contribution in [3.05, 3.63) is 34.3 Å². The van der Waals surface area contributed by atoms with E-state index in [1.807, 2.05) is 36.2 Å². The van der Waals surface area contributed by atoms with Crippen molar-refractivity contribution in [3.63, 3.8) is 0 Å². The molecule has 0 saturated carbocycles. The molecule has 0 fully saturated rings. The Hall–Kier alpha value is -1.08. The predicted molar refractivity (Wildman–Crippen MR) is 91.3 cm³/mol. The van der Waals surface area contributed by atoms with Gasteiger partial charge in [0.05, 0.1) is 5.75 Å². The number of sulfone groups is 1. The molecule has 5 nitrogen and oxygen atoms in total. The molecule has 1 rings (SSSR count). The normalized spacial score (nSPS) is 12.3. The Morgan fingerprint density at radius 2 is 2.05 bits per heavy atom. The number of nitrogens with one attached hydrogen (secondary N) is 1. The molecule has 0 atom stereocenters. The summed E-state index contributed by atoms with van der Waals surface area (Å²) in [5.41, 5.74) is 1.14. The van der Waals surface area contributed by atoms with Gasteiger partial charge >= 0.3 is 0 Å². The van der Waals surface area contributed by atoms with E-state index in [9.17, 15) is 8.42 Å². The van der Waals surface area contributed by atoms with Crippen molar-refractivity contribution in [1.29, 1.82) is 0 Å². The van der Waals surface area contributed by atoms with Crippen LogP contribution < -0.4 is 5.32 Å². The van der Waals surface area contributed by atoms with Crippen molar-refractivity contribution >= 4 is 31.7 Å². The van der Waals surface area contributed by atoms with Gasteiger partial charge in [0.15, 0.2) is 15.8 Å². The van der Waals surface area contributed by atoms with E-state index in [0.29, 0.717) is 19.0 Å². The van der Waals surface area contributed by atoms with Crippen molar-refractivity contribution in [2.75, 3.05) is 32.1 Å². The number of guanidine groups is 1. The average molecular weight is 376 g/mol. The smallest absolute Gasteiger partial charge is 0.193 e. The van der Waals surface area contributed by atoms with E-state index in [1.54, 1.807) is 14.0 Å². The van der Waals surface area contributed by atoms with Crippen molar-refractivity contribution in [1.82, 2.24) is 10.2 Å². The van der Waals surface area contributed by atoms with Gasteiger partial charge in [-0.25, -0.2) is 8.42 Å². The molecule has 1 aromatic carbocycles. The highest BCUT2D eigenvalue weighted by Crippen LogP contribution is 2.17. The van der Waals surface area contributed by atoms with Crippen molar-refractivity contribution in [2.45, 2.75) is 13.5 Å². The summed E-state index contributed by atoms with van der Waals surface area (Å²) in [6.45, 7) is 2.70. The minimum Gasteiger partial charge on any atom is -0.355 e. The molecule has 118 valence electrons. The van der Waals surface area contributed by atoms with Gasteiger partial charge in [0.2, 0.25) is 0 Å². The average Bonchev–Trinajstić information content (AvgIpc) is 2.46. The molecule has 7 heteroatoms. The van der Waals surface area contributed by atoms with Crippen molar-refractivity contribution < 1.29 is 8.42 Å². The van der Waals surface area contributed by atoms with E-state index in [1.165, 1.54) is 0 Å². The number of halogens is 1. The maximum Gasteiger partial charge on any atom is 0.193 e. The molecular weight excluding hydrogens is 354 g/mol. The molecule has 1 aromatic rings. The Kier molecular flexibility index (Phi) is 7.17. The molecule has 0 spiro atoms. The molecule has 0 aliphatic rings. The zero-order valence-electron chi connectivity index (χ0n) is 12.6. The quantitative estimate of drug-likeness (QED) is 0.609. The summed E-state index contributed by atoms with van der Waals surface area (Å²) in [5.74, 6) is 0.961. The number of hydrogen-bond donors (Lipinski definition) is 1. The molecule has 0 amide bonds. The van der Waals surface area contributed by atoms with E-state index < -0.39 is 9.84 Å². The van der Waals surface area contributed by atoms with Crippen LogP contribution in [0.3, 0.4) is 0 Å². The van der Waals surface area contributed by atoms with E-state index in [-0.39, 0.29) is 11.5 Å². The molecule has 0 aromatic heterocycles. The second-order valence-electron chi connectivity index (χ2n) is 4.66. The number of rotatable bonds is 6. The highest BCUT2D eigenvalue weighted by atomic mass is 79.9. The SMILES string of the molecule is CCS(=O)(=O)CCNC(=NC)N(C)Cc1ccccc1Br. The molecule has 0 saturated heterocycles. The highest BCUT2D eigenvalue weighted by molar-refractivity contribution is 9.10. The first kappa shape index (κ1) is 18.0. The van der Waals surface area contributed by atoms with Crippen molar-refractivity contribution in [2.24, 2.45) is 4.99 Å². The molecule has 0 bridgehead atoms. The molecule has 21 heavy (non-hydrogen) atoms. The van der Waals surface area contributed by atoms with Crippen LogP contribution in [0.4, 0.5) is 0 Å². The lowest BCUT2D eigenvalue weighted by Gasteiger charge is -2.22. The van der Waals surface area contributed by atoms with Crippen LogP contribution in [-0.2, 0) is 16.4 Å². The lowest BCUT2D eigenvalue weighted by atomic mass is 10.2. The first-order valence-electron chi connectivity index (χ1n) is 6.75. The van der Waals surface area contributed by atoms with E-state index >= 15 is 0 Å². The van der Waals surface area contributed by atoms with Gasteiger partial charge in [-0.3, -0.25) is 4.99 Å². The zero-order valence-corrected chi connectivity index (χ0v) is 15.0. The molecular formula is C14H22BrN3O2S. The largest absolute Gasteiger partial charge is 0.355 e. The Morgan fingerprint density at radius 3 is 2.62 bits per heavy atom.